The van der Waals surface area contributed by atoms with Gasteiger partial charge in [-0.1, -0.05) is 0 Å². The minimum absolute atomic E-state index is 0.211. The predicted octanol–water partition coefficient (Wildman–Crippen LogP) is 0.0636. The quantitative estimate of drug-likeness (QED) is 0.638. The number of carbonyl (C=O) groups is 3. The van der Waals surface area contributed by atoms with Gasteiger partial charge in [0.05, 0.1) is 23.5 Å². The maximum Gasteiger partial charge on any atom is 0.235 e. The first-order chi connectivity index (χ1) is 15.0. The van der Waals surface area contributed by atoms with E-state index in [1.807, 2.05) is 23.2 Å². The molecule has 0 radical (unpaired) electrons. The Kier molecular flexibility index (Phi) is 6.82. The van der Waals surface area contributed by atoms with Gasteiger partial charge in [0.25, 0.3) is 0 Å². The van der Waals surface area contributed by atoms with Gasteiger partial charge >= 0.3 is 0 Å². The number of carbonyl (C=O) groups excluding carboxylic acids is 3. The van der Waals surface area contributed by atoms with E-state index < -0.39 is 0 Å². The van der Waals surface area contributed by atoms with Crippen LogP contribution in [-0.2, 0) is 14.4 Å². The second-order valence-electron chi connectivity index (χ2n) is 8.74. The molecule has 0 aliphatic carbocycles. The van der Waals surface area contributed by atoms with Crippen molar-refractivity contribution < 1.29 is 14.4 Å². The topological polar surface area (TPSA) is 112 Å². The normalized spacial score (nSPS) is 23.7. The summed E-state index contributed by atoms with van der Waals surface area (Å²) in [4.78, 5) is 46.9. The van der Waals surface area contributed by atoms with E-state index >= 15 is 0 Å². The summed E-state index contributed by atoms with van der Waals surface area (Å²) in [5.41, 5.74) is 7.67. The highest BCUT2D eigenvalue weighted by molar-refractivity contribution is 6.00. The van der Waals surface area contributed by atoms with Gasteiger partial charge in [-0.15, -0.1) is 0 Å². The number of nitrogens with zero attached hydrogens (tertiary/aromatic N) is 4. The number of likely N-dealkylation sites (tertiary alicyclic amines) is 1. The van der Waals surface area contributed by atoms with E-state index in [0.29, 0.717) is 25.0 Å². The largest absolute Gasteiger partial charge is 0.368 e. The van der Waals surface area contributed by atoms with Gasteiger partial charge in [-0.3, -0.25) is 29.6 Å². The average Bonchev–Trinajstić information content (AvgIpc) is 2.78. The molecule has 0 bridgehead atoms. The summed E-state index contributed by atoms with van der Waals surface area (Å²) in [6.07, 6.45) is 5.06. The minimum atomic E-state index is -0.350. The van der Waals surface area contributed by atoms with Crippen LogP contribution in [0.4, 0.5) is 5.69 Å². The van der Waals surface area contributed by atoms with Gasteiger partial charge in [-0.05, 0) is 31.4 Å². The van der Waals surface area contributed by atoms with Gasteiger partial charge in [0, 0.05) is 64.7 Å². The van der Waals surface area contributed by atoms with Crippen molar-refractivity contribution in [1.29, 1.82) is 0 Å². The van der Waals surface area contributed by atoms with E-state index in [0.717, 1.165) is 64.3 Å². The van der Waals surface area contributed by atoms with E-state index in [1.165, 1.54) is 0 Å². The zero-order valence-corrected chi connectivity index (χ0v) is 18.0. The molecule has 3 fully saturated rings. The van der Waals surface area contributed by atoms with Crippen LogP contribution in [0.5, 0.6) is 0 Å². The summed E-state index contributed by atoms with van der Waals surface area (Å²) in [6.45, 7) is 5.95. The average molecular weight is 429 g/mol. The van der Waals surface area contributed by atoms with Crippen molar-refractivity contribution in [2.24, 2.45) is 5.73 Å². The third-order valence-corrected chi connectivity index (χ3v) is 6.64. The number of imide groups is 1. The molecule has 31 heavy (non-hydrogen) atoms. The third-order valence-electron chi connectivity index (χ3n) is 6.64. The maximum absolute atomic E-state index is 12.4. The highest BCUT2D eigenvalue weighted by Gasteiger charge is 2.29. The molecule has 1 aromatic heterocycles. The Hall–Kier alpha value is -2.52. The van der Waals surface area contributed by atoms with Gasteiger partial charge in [0.15, 0.2) is 0 Å². The molecule has 1 unspecified atom stereocenters. The number of hydrogen-bond acceptors (Lipinski definition) is 7. The zero-order valence-electron chi connectivity index (χ0n) is 18.0. The molecule has 3 aliphatic rings. The van der Waals surface area contributed by atoms with Gasteiger partial charge in [0.2, 0.25) is 17.7 Å². The summed E-state index contributed by atoms with van der Waals surface area (Å²) in [5.74, 6) is -0.580. The summed E-state index contributed by atoms with van der Waals surface area (Å²) < 4.78 is 0. The fourth-order valence-electron chi connectivity index (χ4n) is 4.56. The van der Waals surface area contributed by atoms with Gasteiger partial charge in [-0.2, -0.15) is 0 Å². The monoisotopic (exact) mass is 428 g/mol. The van der Waals surface area contributed by atoms with Crippen molar-refractivity contribution >= 4 is 23.4 Å². The van der Waals surface area contributed by atoms with Crippen LogP contribution >= 0.6 is 0 Å². The Labute approximate surface area is 182 Å². The lowest BCUT2D eigenvalue weighted by Crippen LogP contribution is -2.48. The number of hydrogen-bond donors (Lipinski definition) is 2. The van der Waals surface area contributed by atoms with Crippen molar-refractivity contribution in [3.63, 3.8) is 0 Å². The number of anilines is 1. The Bertz CT molecular complexity index is 798. The number of piperidine rings is 2. The minimum Gasteiger partial charge on any atom is -0.368 e. The Morgan fingerprint density at radius 2 is 1.81 bits per heavy atom. The van der Waals surface area contributed by atoms with Crippen LogP contribution in [0, 0.1) is 0 Å². The first kappa shape index (κ1) is 21.7. The van der Waals surface area contributed by atoms with E-state index in [2.05, 4.69) is 20.1 Å². The summed E-state index contributed by atoms with van der Waals surface area (Å²) in [6, 6.07) is 4.14. The highest BCUT2D eigenvalue weighted by Crippen LogP contribution is 2.25. The molecule has 9 heteroatoms. The number of nitrogens with two attached hydrogens (primary N) is 1. The molecule has 9 nitrogen and oxygen atoms in total. The van der Waals surface area contributed by atoms with Crippen molar-refractivity contribution in [3.8, 4) is 0 Å². The standard InChI is InChI=1S/C22H32N6O3/c23-16-5-9-28(10-6-16)21(30)7-8-26-11-13-27(14-12-26)17-1-3-19(24-15-17)18-2-4-20(29)25-22(18)31/h1,3,15-16,18H,2,4-14,23H2,(H,25,29,31). The lowest BCUT2D eigenvalue weighted by Gasteiger charge is -2.36. The molecule has 3 N–H and O–H groups in total. The molecule has 168 valence electrons. The molecular formula is C22H32N6O3. The molecule has 0 aromatic carbocycles. The first-order valence-corrected chi connectivity index (χ1v) is 11.3. The number of aromatic nitrogens is 1. The fourth-order valence-corrected chi connectivity index (χ4v) is 4.56. The van der Waals surface area contributed by atoms with Crippen molar-refractivity contribution in [2.75, 3.05) is 50.7 Å². The van der Waals surface area contributed by atoms with Crippen molar-refractivity contribution in [1.82, 2.24) is 20.1 Å². The van der Waals surface area contributed by atoms with Gasteiger partial charge < -0.3 is 15.5 Å². The number of rotatable bonds is 5. The Morgan fingerprint density at radius 1 is 1.06 bits per heavy atom. The molecule has 4 heterocycles. The molecule has 3 saturated heterocycles. The molecule has 3 aliphatic heterocycles. The van der Waals surface area contributed by atoms with E-state index in [9.17, 15) is 14.4 Å². The fraction of sp³-hybridized carbons (Fsp3) is 0.636. The van der Waals surface area contributed by atoms with Crippen LogP contribution in [0.1, 0.15) is 43.7 Å². The van der Waals surface area contributed by atoms with E-state index in [4.69, 9.17) is 5.73 Å². The van der Waals surface area contributed by atoms with Crippen LogP contribution in [0.2, 0.25) is 0 Å². The summed E-state index contributed by atoms with van der Waals surface area (Å²) in [7, 11) is 0. The first-order valence-electron chi connectivity index (χ1n) is 11.3. The summed E-state index contributed by atoms with van der Waals surface area (Å²) >= 11 is 0. The molecular weight excluding hydrogens is 396 g/mol. The smallest absolute Gasteiger partial charge is 0.235 e. The van der Waals surface area contributed by atoms with Crippen LogP contribution in [-0.4, -0.2) is 84.4 Å². The lowest BCUT2D eigenvalue weighted by molar-refractivity contribution is -0.134. The molecule has 3 amide bonds. The van der Waals surface area contributed by atoms with E-state index in [-0.39, 0.29) is 29.7 Å². The lowest BCUT2D eigenvalue weighted by atomic mass is 9.94. The number of piperazine rings is 1. The predicted molar refractivity (Wildman–Crippen MR) is 116 cm³/mol. The Balaban J connectivity index is 1.22. The molecule has 1 atom stereocenters. The zero-order chi connectivity index (χ0) is 21.8. The maximum atomic E-state index is 12.4. The molecule has 1 aromatic rings. The highest BCUT2D eigenvalue weighted by atomic mass is 16.2. The molecule has 0 spiro atoms. The van der Waals surface area contributed by atoms with Crippen LogP contribution in [0.25, 0.3) is 0 Å². The van der Waals surface area contributed by atoms with Crippen molar-refractivity contribution in [2.45, 2.75) is 44.1 Å². The SMILES string of the molecule is NC1CCN(C(=O)CCN2CCN(c3ccc(C4CCC(=O)NC4=O)nc3)CC2)CC1. The Morgan fingerprint density at radius 3 is 2.45 bits per heavy atom. The van der Waals surface area contributed by atoms with Crippen LogP contribution in [0.3, 0.4) is 0 Å². The molecule has 4 rings (SSSR count). The second-order valence-corrected chi connectivity index (χ2v) is 8.74. The van der Waals surface area contributed by atoms with Crippen LogP contribution in [0.15, 0.2) is 18.3 Å². The summed E-state index contributed by atoms with van der Waals surface area (Å²) in [5, 5.41) is 2.39. The second kappa shape index (κ2) is 9.74. The van der Waals surface area contributed by atoms with Gasteiger partial charge in [-0.25, -0.2) is 0 Å². The number of pyridine rings is 1. The number of nitrogens with one attached hydrogen (secondary N) is 1. The van der Waals surface area contributed by atoms with Crippen molar-refractivity contribution in [3.05, 3.63) is 24.0 Å². The van der Waals surface area contributed by atoms with Crippen LogP contribution < -0.4 is 16.0 Å². The third kappa shape index (κ3) is 5.40. The molecule has 0 saturated carbocycles. The van der Waals surface area contributed by atoms with Gasteiger partial charge in [0.1, 0.15) is 0 Å². The number of amides is 3. The van der Waals surface area contributed by atoms with E-state index in [1.54, 1.807) is 0 Å².